The number of thioether (sulfide) groups is 1. The molecule has 1 amide bonds. The fraction of sp³-hybridized carbons (Fsp3) is 0.125. The normalized spacial score (nSPS) is 11.7. The predicted molar refractivity (Wildman–Crippen MR) is 94.8 cm³/mol. The number of nitriles is 1. The maximum atomic E-state index is 12.2. The molecule has 0 saturated heterocycles. The van der Waals surface area contributed by atoms with Gasteiger partial charge in [-0.3, -0.25) is 9.89 Å². The van der Waals surface area contributed by atoms with Crippen molar-refractivity contribution < 1.29 is 4.79 Å². The molecule has 0 radical (unpaired) electrons. The lowest BCUT2D eigenvalue weighted by molar-refractivity contribution is -0.115. The van der Waals surface area contributed by atoms with Crippen LogP contribution in [-0.2, 0) is 4.79 Å². The van der Waals surface area contributed by atoms with Crippen LogP contribution in [0.3, 0.4) is 0 Å². The Labute approximate surface area is 146 Å². The van der Waals surface area contributed by atoms with E-state index in [1.807, 2.05) is 23.6 Å². The molecule has 3 aromatic rings. The van der Waals surface area contributed by atoms with Crippen molar-refractivity contribution in [1.82, 2.24) is 15.2 Å². The SMILES string of the molecule is C[C@@H](Sc1n[nH]c(-c2cccs2)n1)C(=O)Nc1ccc(C#N)cc1. The van der Waals surface area contributed by atoms with Crippen molar-refractivity contribution in [2.24, 2.45) is 0 Å². The Balaban J connectivity index is 1.60. The topological polar surface area (TPSA) is 94.5 Å². The molecule has 0 saturated carbocycles. The Kier molecular flexibility index (Phi) is 4.93. The van der Waals surface area contributed by atoms with E-state index < -0.39 is 0 Å². The largest absolute Gasteiger partial charge is 0.325 e. The van der Waals surface area contributed by atoms with Crippen LogP contribution in [0.15, 0.2) is 46.9 Å². The van der Waals surface area contributed by atoms with Crippen LogP contribution in [0.1, 0.15) is 12.5 Å². The molecule has 120 valence electrons. The molecule has 0 fully saturated rings. The third-order valence-corrected chi connectivity index (χ3v) is 4.99. The summed E-state index contributed by atoms with van der Waals surface area (Å²) in [4.78, 5) is 17.6. The number of thiophene rings is 1. The van der Waals surface area contributed by atoms with E-state index >= 15 is 0 Å². The smallest absolute Gasteiger partial charge is 0.237 e. The molecule has 2 aromatic heterocycles. The first-order valence-electron chi connectivity index (χ1n) is 7.09. The summed E-state index contributed by atoms with van der Waals surface area (Å²) in [6, 6.07) is 12.7. The molecule has 0 aliphatic rings. The number of benzene rings is 1. The maximum absolute atomic E-state index is 12.2. The summed E-state index contributed by atoms with van der Waals surface area (Å²) in [5.41, 5.74) is 1.21. The Hall–Kier alpha value is -2.63. The zero-order valence-electron chi connectivity index (χ0n) is 12.7. The Morgan fingerprint density at radius 1 is 1.38 bits per heavy atom. The lowest BCUT2D eigenvalue weighted by Gasteiger charge is -2.10. The third-order valence-electron chi connectivity index (χ3n) is 3.15. The number of amides is 1. The number of carbonyl (C=O) groups is 1. The molecule has 0 spiro atoms. The summed E-state index contributed by atoms with van der Waals surface area (Å²) < 4.78 is 0. The molecule has 3 rings (SSSR count). The first-order valence-corrected chi connectivity index (χ1v) is 8.85. The van der Waals surface area contributed by atoms with E-state index in [4.69, 9.17) is 5.26 Å². The van der Waals surface area contributed by atoms with Gasteiger partial charge in [0.25, 0.3) is 0 Å². The molecular formula is C16H13N5OS2. The Morgan fingerprint density at radius 2 is 2.17 bits per heavy atom. The number of carbonyl (C=O) groups excluding carboxylic acids is 1. The lowest BCUT2D eigenvalue weighted by atomic mass is 10.2. The van der Waals surface area contributed by atoms with E-state index in [1.54, 1.807) is 42.5 Å². The number of nitrogens with one attached hydrogen (secondary N) is 2. The highest BCUT2D eigenvalue weighted by molar-refractivity contribution is 8.00. The zero-order chi connectivity index (χ0) is 16.9. The molecule has 8 heteroatoms. The minimum atomic E-state index is -0.354. The number of hydrogen-bond donors (Lipinski definition) is 2. The minimum absolute atomic E-state index is 0.146. The molecule has 6 nitrogen and oxygen atoms in total. The number of aromatic nitrogens is 3. The number of aromatic amines is 1. The van der Waals surface area contributed by atoms with Crippen LogP contribution >= 0.6 is 23.1 Å². The van der Waals surface area contributed by atoms with Gasteiger partial charge in [0.1, 0.15) is 0 Å². The third kappa shape index (κ3) is 3.82. The van der Waals surface area contributed by atoms with E-state index in [9.17, 15) is 4.79 Å². The van der Waals surface area contributed by atoms with Gasteiger partial charge in [-0.2, -0.15) is 5.26 Å². The van der Waals surface area contributed by atoms with E-state index in [1.165, 1.54) is 11.8 Å². The van der Waals surface area contributed by atoms with Crippen LogP contribution in [0.5, 0.6) is 0 Å². The summed E-state index contributed by atoms with van der Waals surface area (Å²) in [6.45, 7) is 1.80. The highest BCUT2D eigenvalue weighted by atomic mass is 32.2. The van der Waals surface area contributed by atoms with Crippen molar-refractivity contribution in [1.29, 1.82) is 5.26 Å². The Morgan fingerprint density at radius 3 is 2.83 bits per heavy atom. The molecule has 1 atom stereocenters. The first kappa shape index (κ1) is 16.2. The first-order chi connectivity index (χ1) is 11.7. The van der Waals surface area contributed by atoms with Gasteiger partial charge in [-0.15, -0.1) is 16.4 Å². The van der Waals surface area contributed by atoms with Crippen LogP contribution in [0.2, 0.25) is 0 Å². The van der Waals surface area contributed by atoms with Crippen LogP contribution in [0.25, 0.3) is 10.7 Å². The number of rotatable bonds is 5. The van der Waals surface area contributed by atoms with Crippen LogP contribution in [0, 0.1) is 11.3 Å². The van der Waals surface area contributed by atoms with Gasteiger partial charge in [0.2, 0.25) is 11.1 Å². The van der Waals surface area contributed by atoms with E-state index in [0.717, 1.165) is 4.88 Å². The maximum Gasteiger partial charge on any atom is 0.237 e. The summed E-state index contributed by atoms with van der Waals surface area (Å²) >= 11 is 2.86. The quantitative estimate of drug-likeness (QED) is 0.683. The molecule has 24 heavy (non-hydrogen) atoms. The number of H-pyrrole nitrogens is 1. The molecule has 2 heterocycles. The van der Waals surface area contributed by atoms with Crippen molar-refractivity contribution in [2.45, 2.75) is 17.3 Å². The molecular weight excluding hydrogens is 342 g/mol. The molecule has 2 N–H and O–H groups in total. The molecule has 1 aromatic carbocycles. The monoisotopic (exact) mass is 355 g/mol. The van der Waals surface area contributed by atoms with Gasteiger partial charge >= 0.3 is 0 Å². The lowest BCUT2D eigenvalue weighted by Crippen LogP contribution is -2.22. The van der Waals surface area contributed by atoms with E-state index in [0.29, 0.717) is 22.2 Å². The average molecular weight is 355 g/mol. The van der Waals surface area contributed by atoms with E-state index in [-0.39, 0.29) is 11.2 Å². The second-order valence-electron chi connectivity index (χ2n) is 4.88. The van der Waals surface area contributed by atoms with Crippen molar-refractivity contribution in [3.05, 3.63) is 47.3 Å². The number of anilines is 1. The fourth-order valence-corrected chi connectivity index (χ4v) is 3.29. The van der Waals surface area contributed by atoms with Crippen LogP contribution in [-0.4, -0.2) is 26.3 Å². The summed E-state index contributed by atoms with van der Waals surface area (Å²) in [6.07, 6.45) is 0. The van der Waals surface area contributed by atoms with Gasteiger partial charge < -0.3 is 5.32 Å². The van der Waals surface area contributed by atoms with Crippen molar-refractivity contribution in [2.75, 3.05) is 5.32 Å². The number of nitrogens with zero attached hydrogens (tertiary/aromatic N) is 3. The highest BCUT2D eigenvalue weighted by Gasteiger charge is 2.17. The standard InChI is InChI=1S/C16H13N5OS2/c1-10(15(22)18-12-6-4-11(9-17)5-7-12)24-16-19-14(20-21-16)13-3-2-8-23-13/h2-8,10H,1H3,(H,18,22)(H,19,20,21)/t10-/m1/s1. The predicted octanol–water partition coefficient (Wildman–Crippen LogP) is 3.52. The van der Waals surface area contributed by atoms with Crippen molar-refractivity contribution in [3.63, 3.8) is 0 Å². The van der Waals surface area contributed by atoms with Crippen LogP contribution < -0.4 is 5.32 Å². The van der Waals surface area contributed by atoms with Crippen molar-refractivity contribution >= 4 is 34.7 Å². The van der Waals surface area contributed by atoms with Crippen LogP contribution in [0.4, 0.5) is 5.69 Å². The second kappa shape index (κ2) is 7.29. The second-order valence-corrected chi connectivity index (χ2v) is 7.14. The highest BCUT2D eigenvalue weighted by Crippen LogP contribution is 2.25. The summed E-state index contributed by atoms with van der Waals surface area (Å²) in [5, 5.41) is 20.8. The molecule has 0 aliphatic heterocycles. The van der Waals surface area contributed by atoms with Gasteiger partial charge in [0, 0.05) is 5.69 Å². The van der Waals surface area contributed by atoms with Gasteiger partial charge in [0.05, 0.1) is 21.8 Å². The number of hydrogen-bond acceptors (Lipinski definition) is 6. The molecule has 0 bridgehead atoms. The van der Waals surface area contributed by atoms with E-state index in [2.05, 4.69) is 20.5 Å². The zero-order valence-corrected chi connectivity index (χ0v) is 14.3. The van der Waals surface area contributed by atoms with Crippen molar-refractivity contribution in [3.8, 4) is 16.8 Å². The van der Waals surface area contributed by atoms with Gasteiger partial charge in [-0.05, 0) is 42.6 Å². The summed E-state index contributed by atoms with van der Waals surface area (Å²) in [5.74, 6) is 0.555. The molecule has 0 aliphatic carbocycles. The Bertz CT molecular complexity index is 865. The van der Waals surface area contributed by atoms with Gasteiger partial charge in [0.15, 0.2) is 5.82 Å². The average Bonchev–Trinajstić information content (AvgIpc) is 3.26. The van der Waals surface area contributed by atoms with Gasteiger partial charge in [-0.1, -0.05) is 17.8 Å². The minimum Gasteiger partial charge on any atom is -0.325 e. The molecule has 0 unspecified atom stereocenters. The fourth-order valence-electron chi connectivity index (χ4n) is 1.91. The summed E-state index contributed by atoms with van der Waals surface area (Å²) in [7, 11) is 0. The van der Waals surface area contributed by atoms with Gasteiger partial charge in [-0.25, -0.2) is 4.98 Å².